The second-order valence-corrected chi connectivity index (χ2v) is 9.29. The van der Waals surface area contributed by atoms with Crippen LogP contribution in [-0.4, -0.2) is 53.8 Å². The van der Waals surface area contributed by atoms with Gasteiger partial charge < -0.3 is 19.5 Å². The molecule has 9 nitrogen and oxygen atoms in total. The van der Waals surface area contributed by atoms with Crippen molar-refractivity contribution in [3.8, 4) is 11.5 Å². The van der Waals surface area contributed by atoms with Gasteiger partial charge in [-0.3, -0.25) is 19.3 Å². The fourth-order valence-corrected chi connectivity index (χ4v) is 4.75. The second-order valence-electron chi connectivity index (χ2n) is 7.45. The zero-order valence-electron chi connectivity index (χ0n) is 19.9. The number of halogens is 1. The standard InChI is InChI=1S/C25H25BrN2O7S/c1-4-33-19-12-16(13-20-23(30)28(25(32)36-20)15(3)24(31)34-5-2)11-18(26)22(19)35-14-21(29)27-17-9-7-6-8-10-17/h6-13,15H,4-5,14H2,1-3H3,(H,27,29)/b20-13+/t15-/m0/s1. The van der Waals surface area contributed by atoms with Crippen molar-refractivity contribution in [2.75, 3.05) is 25.1 Å². The Balaban J connectivity index is 1.78. The molecule has 2 aromatic carbocycles. The minimum Gasteiger partial charge on any atom is -0.490 e. The SMILES string of the molecule is CCOC(=O)[C@H](C)N1C(=O)S/C(=C/c2cc(Br)c(OCC(=O)Nc3ccccc3)c(OCC)c2)C1=O. The Labute approximate surface area is 221 Å². The molecular weight excluding hydrogens is 552 g/mol. The number of carbonyl (C=O) groups excluding carboxylic acids is 4. The number of rotatable bonds is 10. The fraction of sp³-hybridized carbons (Fsp3) is 0.280. The van der Waals surface area contributed by atoms with E-state index in [0.717, 1.165) is 16.7 Å². The quantitative estimate of drug-likeness (QED) is 0.315. The van der Waals surface area contributed by atoms with Crippen LogP contribution >= 0.6 is 27.7 Å². The number of hydrogen-bond acceptors (Lipinski definition) is 8. The highest BCUT2D eigenvalue weighted by molar-refractivity contribution is 9.10. The average Bonchev–Trinajstić information content (AvgIpc) is 3.11. The highest BCUT2D eigenvalue weighted by atomic mass is 79.9. The first kappa shape index (κ1) is 27.3. The van der Waals surface area contributed by atoms with Crippen LogP contribution < -0.4 is 14.8 Å². The van der Waals surface area contributed by atoms with Gasteiger partial charge >= 0.3 is 5.97 Å². The van der Waals surface area contributed by atoms with Crippen LogP contribution in [0.2, 0.25) is 0 Å². The van der Waals surface area contributed by atoms with Gasteiger partial charge in [0.25, 0.3) is 17.1 Å². The summed E-state index contributed by atoms with van der Waals surface area (Å²) in [6.45, 7) is 5.12. The molecule has 0 aliphatic carbocycles. The Morgan fingerprint density at radius 2 is 1.83 bits per heavy atom. The summed E-state index contributed by atoms with van der Waals surface area (Å²) in [5, 5.41) is 2.19. The zero-order valence-corrected chi connectivity index (χ0v) is 22.3. The van der Waals surface area contributed by atoms with Gasteiger partial charge in [0, 0.05) is 5.69 Å². The van der Waals surface area contributed by atoms with E-state index in [-0.39, 0.29) is 24.0 Å². The van der Waals surface area contributed by atoms with Crippen molar-refractivity contribution in [3.05, 3.63) is 57.4 Å². The second kappa shape index (κ2) is 12.6. The van der Waals surface area contributed by atoms with Gasteiger partial charge in [-0.25, -0.2) is 4.79 Å². The van der Waals surface area contributed by atoms with E-state index in [4.69, 9.17) is 14.2 Å². The van der Waals surface area contributed by atoms with Gasteiger partial charge in [-0.1, -0.05) is 18.2 Å². The van der Waals surface area contributed by atoms with E-state index in [1.54, 1.807) is 38.1 Å². The molecule has 1 saturated heterocycles. The Bertz CT molecular complexity index is 1190. The average molecular weight is 577 g/mol. The molecule has 36 heavy (non-hydrogen) atoms. The van der Waals surface area contributed by atoms with Crippen molar-refractivity contribution in [2.24, 2.45) is 0 Å². The molecular formula is C25H25BrN2O7S. The molecule has 2 aromatic rings. The topological polar surface area (TPSA) is 111 Å². The van der Waals surface area contributed by atoms with E-state index in [1.165, 1.54) is 13.0 Å². The van der Waals surface area contributed by atoms with Gasteiger partial charge in [0.2, 0.25) is 0 Å². The molecule has 0 radical (unpaired) electrons. The Morgan fingerprint density at radius 1 is 1.11 bits per heavy atom. The van der Waals surface area contributed by atoms with E-state index in [9.17, 15) is 19.2 Å². The summed E-state index contributed by atoms with van der Waals surface area (Å²) in [6.07, 6.45) is 1.53. The third-order valence-corrected chi connectivity index (χ3v) is 6.35. The van der Waals surface area contributed by atoms with E-state index >= 15 is 0 Å². The monoisotopic (exact) mass is 576 g/mol. The molecule has 0 aromatic heterocycles. The number of imide groups is 1. The Kier molecular flexibility index (Phi) is 9.54. The summed E-state index contributed by atoms with van der Waals surface area (Å²) < 4.78 is 16.8. The van der Waals surface area contributed by atoms with Gasteiger partial charge in [0.1, 0.15) is 6.04 Å². The molecule has 1 fully saturated rings. The number of amides is 3. The molecule has 0 bridgehead atoms. The first-order chi connectivity index (χ1) is 17.2. The molecule has 1 heterocycles. The zero-order chi connectivity index (χ0) is 26.2. The van der Waals surface area contributed by atoms with Crippen LogP contribution in [0.5, 0.6) is 11.5 Å². The predicted molar refractivity (Wildman–Crippen MR) is 140 cm³/mol. The van der Waals surface area contributed by atoms with Gasteiger partial charge in [-0.2, -0.15) is 0 Å². The summed E-state index contributed by atoms with van der Waals surface area (Å²) in [5.74, 6) is -0.909. The van der Waals surface area contributed by atoms with Crippen molar-refractivity contribution < 1.29 is 33.4 Å². The largest absolute Gasteiger partial charge is 0.490 e. The van der Waals surface area contributed by atoms with Crippen LogP contribution in [0.3, 0.4) is 0 Å². The highest BCUT2D eigenvalue weighted by Gasteiger charge is 2.41. The molecule has 1 aliphatic rings. The number of anilines is 1. The first-order valence-corrected chi connectivity index (χ1v) is 12.7. The molecule has 0 saturated carbocycles. The number of nitrogens with one attached hydrogen (secondary N) is 1. The predicted octanol–water partition coefficient (Wildman–Crippen LogP) is 4.85. The summed E-state index contributed by atoms with van der Waals surface area (Å²) in [4.78, 5) is 50.7. The summed E-state index contributed by atoms with van der Waals surface area (Å²) in [6, 6.07) is 11.3. The number of para-hydroxylation sites is 1. The van der Waals surface area contributed by atoms with Crippen molar-refractivity contribution >= 4 is 62.5 Å². The molecule has 1 atom stereocenters. The minimum absolute atomic E-state index is 0.145. The van der Waals surface area contributed by atoms with Crippen LogP contribution in [0.1, 0.15) is 26.3 Å². The lowest BCUT2D eigenvalue weighted by molar-refractivity contribution is -0.150. The van der Waals surface area contributed by atoms with Crippen molar-refractivity contribution in [1.82, 2.24) is 4.90 Å². The fourth-order valence-electron chi connectivity index (χ4n) is 3.26. The molecule has 0 unspecified atom stereocenters. The van der Waals surface area contributed by atoms with Gasteiger partial charge in [0.15, 0.2) is 18.1 Å². The summed E-state index contributed by atoms with van der Waals surface area (Å²) >= 11 is 4.17. The number of carbonyl (C=O) groups is 4. The first-order valence-electron chi connectivity index (χ1n) is 11.1. The highest BCUT2D eigenvalue weighted by Crippen LogP contribution is 2.39. The van der Waals surface area contributed by atoms with E-state index in [0.29, 0.717) is 33.8 Å². The molecule has 3 rings (SSSR count). The lowest BCUT2D eigenvalue weighted by Gasteiger charge is -2.19. The van der Waals surface area contributed by atoms with Crippen molar-refractivity contribution in [1.29, 1.82) is 0 Å². The summed E-state index contributed by atoms with van der Waals surface area (Å²) in [7, 11) is 0. The maximum absolute atomic E-state index is 12.9. The van der Waals surface area contributed by atoms with Crippen molar-refractivity contribution in [3.63, 3.8) is 0 Å². The molecule has 1 aliphatic heterocycles. The summed E-state index contributed by atoms with van der Waals surface area (Å²) in [5.41, 5.74) is 1.21. The van der Waals surface area contributed by atoms with Crippen molar-refractivity contribution in [2.45, 2.75) is 26.8 Å². The van der Waals surface area contributed by atoms with E-state index in [2.05, 4.69) is 21.2 Å². The third-order valence-electron chi connectivity index (χ3n) is 4.87. The number of nitrogens with zero attached hydrogens (tertiary/aromatic N) is 1. The smallest absolute Gasteiger partial charge is 0.329 e. The van der Waals surface area contributed by atoms with Gasteiger partial charge in [-0.05, 0) is 84.4 Å². The lowest BCUT2D eigenvalue weighted by atomic mass is 10.1. The minimum atomic E-state index is -1.04. The van der Waals surface area contributed by atoms with Gasteiger partial charge in [-0.15, -0.1) is 0 Å². The van der Waals surface area contributed by atoms with E-state index in [1.807, 2.05) is 18.2 Å². The number of benzene rings is 2. The lowest BCUT2D eigenvalue weighted by Crippen LogP contribution is -2.42. The Hall–Kier alpha value is -3.31. The number of ether oxygens (including phenoxy) is 3. The molecule has 1 N–H and O–H groups in total. The molecule has 190 valence electrons. The van der Waals surface area contributed by atoms with Crippen LogP contribution in [0.25, 0.3) is 6.08 Å². The maximum Gasteiger partial charge on any atom is 0.329 e. The number of esters is 1. The number of thioether (sulfide) groups is 1. The third kappa shape index (κ3) is 6.67. The van der Waals surface area contributed by atoms with Gasteiger partial charge in [0.05, 0.1) is 22.6 Å². The van der Waals surface area contributed by atoms with Crippen LogP contribution in [0, 0.1) is 0 Å². The van der Waals surface area contributed by atoms with Crippen LogP contribution in [0.15, 0.2) is 51.8 Å². The molecule has 3 amide bonds. The number of hydrogen-bond donors (Lipinski definition) is 1. The molecule has 11 heteroatoms. The van der Waals surface area contributed by atoms with Crippen LogP contribution in [0.4, 0.5) is 10.5 Å². The van der Waals surface area contributed by atoms with Crippen LogP contribution in [-0.2, 0) is 19.1 Å². The van der Waals surface area contributed by atoms with E-state index < -0.39 is 23.2 Å². The Morgan fingerprint density at radius 3 is 2.50 bits per heavy atom. The maximum atomic E-state index is 12.9. The molecule has 0 spiro atoms. The normalized spacial score (nSPS) is 15.1.